The molecule has 1 heterocycles. The van der Waals surface area contributed by atoms with E-state index < -0.39 is 23.9 Å². The van der Waals surface area contributed by atoms with Crippen LogP contribution in [0.5, 0.6) is 0 Å². The second-order valence-electron chi connectivity index (χ2n) is 7.58. The fourth-order valence-corrected chi connectivity index (χ4v) is 3.64. The molecule has 34 heavy (non-hydrogen) atoms. The number of carbonyl (C=O) groups is 3. The van der Waals surface area contributed by atoms with E-state index in [0.717, 1.165) is 5.56 Å². The largest absolute Gasteiger partial charge is 0.448 e. The maximum atomic E-state index is 13.1. The normalized spacial score (nSPS) is 17.4. The van der Waals surface area contributed by atoms with E-state index in [1.54, 1.807) is 30.3 Å². The third-order valence-corrected chi connectivity index (χ3v) is 5.36. The van der Waals surface area contributed by atoms with Crippen LogP contribution in [-0.4, -0.2) is 28.7 Å². The van der Waals surface area contributed by atoms with Crippen molar-refractivity contribution >= 4 is 23.7 Å². The Balaban J connectivity index is 1.64. The summed E-state index contributed by atoms with van der Waals surface area (Å²) >= 11 is 0. The summed E-state index contributed by atoms with van der Waals surface area (Å²) in [5, 5.41) is 8.96. The van der Waals surface area contributed by atoms with Crippen LogP contribution in [0.4, 0.5) is 0 Å². The molecule has 0 fully saturated rings. The highest BCUT2D eigenvalue weighted by molar-refractivity contribution is 6.01. The predicted molar refractivity (Wildman–Crippen MR) is 126 cm³/mol. The van der Waals surface area contributed by atoms with Crippen LogP contribution >= 0.6 is 0 Å². The van der Waals surface area contributed by atoms with Gasteiger partial charge in [0.15, 0.2) is 11.9 Å². The van der Waals surface area contributed by atoms with Crippen LogP contribution in [0.25, 0.3) is 6.08 Å². The number of nitrogens with zero attached hydrogens (tertiary/aromatic N) is 2. The molecule has 166 valence electrons. The molecule has 6 nitrogen and oxygen atoms in total. The molecule has 1 amide bonds. The molecule has 0 unspecified atom stereocenters. The van der Waals surface area contributed by atoms with Crippen molar-refractivity contribution in [2.45, 2.75) is 12.1 Å². The van der Waals surface area contributed by atoms with Gasteiger partial charge in [-0.2, -0.15) is 5.26 Å². The first-order valence-corrected chi connectivity index (χ1v) is 10.6. The Hall–Kier alpha value is -4.76. The zero-order chi connectivity index (χ0) is 23.9. The minimum atomic E-state index is -1.23. The van der Waals surface area contributed by atoms with Crippen molar-refractivity contribution in [3.63, 3.8) is 0 Å². The number of rotatable bonds is 5. The molecular weight excluding hydrogens is 428 g/mol. The Morgan fingerprint density at radius 3 is 2.21 bits per heavy atom. The lowest BCUT2D eigenvalue weighted by Gasteiger charge is -2.36. The molecule has 0 N–H and O–H groups in total. The first-order chi connectivity index (χ1) is 16.6. The summed E-state index contributed by atoms with van der Waals surface area (Å²) < 4.78 is 5.63. The fourth-order valence-electron chi connectivity index (χ4n) is 3.64. The molecule has 0 spiro atoms. The fraction of sp³-hybridized carbons (Fsp3) is 0.0714. The number of ketones is 1. The Kier molecular flexibility index (Phi) is 6.76. The highest BCUT2D eigenvalue weighted by Crippen LogP contribution is 2.32. The van der Waals surface area contributed by atoms with Crippen molar-refractivity contribution < 1.29 is 19.1 Å². The Labute approximate surface area is 197 Å². The average molecular weight is 448 g/mol. The number of amides is 1. The van der Waals surface area contributed by atoms with Crippen molar-refractivity contribution in [1.29, 1.82) is 5.26 Å². The topological polar surface area (TPSA) is 87.5 Å². The second-order valence-corrected chi connectivity index (χ2v) is 7.58. The van der Waals surface area contributed by atoms with Gasteiger partial charge in [0, 0.05) is 18.4 Å². The summed E-state index contributed by atoms with van der Waals surface area (Å²) in [7, 11) is 0. The van der Waals surface area contributed by atoms with Crippen LogP contribution in [0.1, 0.15) is 33.1 Å². The summed E-state index contributed by atoms with van der Waals surface area (Å²) in [6.45, 7) is 0. The SMILES string of the molecule is N#Cc1ccc(C(=O)O[C@H]2C(=O)C=CN(C(=O)/C=C/c3ccccc3)[C@@H]2c2ccccc2)cc1. The summed E-state index contributed by atoms with van der Waals surface area (Å²) in [5.74, 6) is -1.50. The smallest absolute Gasteiger partial charge is 0.338 e. The molecule has 0 saturated carbocycles. The monoisotopic (exact) mass is 448 g/mol. The molecule has 0 saturated heterocycles. The van der Waals surface area contributed by atoms with Gasteiger partial charge in [0.25, 0.3) is 5.91 Å². The summed E-state index contributed by atoms with van der Waals surface area (Å²) in [6, 6.07) is 25.4. The first-order valence-electron chi connectivity index (χ1n) is 10.6. The predicted octanol–water partition coefficient (Wildman–Crippen LogP) is 4.46. The van der Waals surface area contributed by atoms with E-state index in [9.17, 15) is 14.4 Å². The van der Waals surface area contributed by atoms with Crippen LogP contribution in [0, 0.1) is 11.3 Å². The number of esters is 1. The minimum absolute atomic E-state index is 0.204. The molecule has 0 aromatic heterocycles. The van der Waals surface area contributed by atoms with E-state index in [0.29, 0.717) is 11.1 Å². The number of hydrogen-bond donors (Lipinski definition) is 0. The van der Waals surface area contributed by atoms with Crippen molar-refractivity contribution in [3.8, 4) is 6.07 Å². The highest BCUT2D eigenvalue weighted by Gasteiger charge is 2.40. The first kappa shape index (κ1) is 22.4. The van der Waals surface area contributed by atoms with Crippen molar-refractivity contribution in [1.82, 2.24) is 4.90 Å². The lowest BCUT2D eigenvalue weighted by atomic mass is 9.94. The second kappa shape index (κ2) is 10.2. The number of benzene rings is 3. The number of hydrogen-bond acceptors (Lipinski definition) is 5. The van der Waals surface area contributed by atoms with E-state index in [-0.39, 0.29) is 11.5 Å². The van der Waals surface area contributed by atoms with E-state index in [4.69, 9.17) is 10.00 Å². The molecule has 3 aromatic carbocycles. The van der Waals surface area contributed by atoms with Gasteiger partial charge in [-0.05, 0) is 41.5 Å². The molecule has 1 aliphatic heterocycles. The summed E-state index contributed by atoms with van der Waals surface area (Å²) in [6.07, 6.45) is 4.54. The van der Waals surface area contributed by atoms with E-state index in [1.807, 2.05) is 42.5 Å². The van der Waals surface area contributed by atoms with Gasteiger partial charge in [-0.1, -0.05) is 60.7 Å². The van der Waals surface area contributed by atoms with Gasteiger partial charge in [0.1, 0.15) is 6.04 Å². The van der Waals surface area contributed by atoms with Crippen LogP contribution in [0.15, 0.2) is 103 Å². The van der Waals surface area contributed by atoms with Crippen LogP contribution < -0.4 is 0 Å². The van der Waals surface area contributed by atoms with Gasteiger partial charge in [0.05, 0.1) is 17.2 Å². The van der Waals surface area contributed by atoms with Gasteiger partial charge in [-0.3, -0.25) is 9.59 Å². The maximum absolute atomic E-state index is 13.1. The van der Waals surface area contributed by atoms with Gasteiger partial charge >= 0.3 is 5.97 Å². The van der Waals surface area contributed by atoms with Gasteiger partial charge < -0.3 is 9.64 Å². The van der Waals surface area contributed by atoms with E-state index in [1.165, 1.54) is 47.5 Å². The van der Waals surface area contributed by atoms with Crippen LogP contribution in [0.2, 0.25) is 0 Å². The van der Waals surface area contributed by atoms with Crippen molar-refractivity contribution in [3.05, 3.63) is 126 Å². The van der Waals surface area contributed by atoms with Crippen LogP contribution in [0.3, 0.4) is 0 Å². The summed E-state index contributed by atoms with van der Waals surface area (Å²) in [5.41, 5.74) is 2.11. The molecule has 2 atom stereocenters. The quantitative estimate of drug-likeness (QED) is 0.425. The third kappa shape index (κ3) is 5.00. The molecule has 3 aromatic rings. The lowest BCUT2D eigenvalue weighted by molar-refractivity contribution is -0.135. The van der Waals surface area contributed by atoms with Gasteiger partial charge in [0.2, 0.25) is 0 Å². The number of carbonyl (C=O) groups excluding carboxylic acids is 3. The highest BCUT2D eigenvalue weighted by atomic mass is 16.5. The third-order valence-electron chi connectivity index (χ3n) is 5.36. The molecule has 0 aliphatic carbocycles. The Morgan fingerprint density at radius 1 is 0.912 bits per heavy atom. The standard InChI is InChI=1S/C28H20N2O4/c29-19-21-11-14-23(15-12-21)28(33)34-27-24(31)17-18-30(26(27)22-9-5-2-6-10-22)25(32)16-13-20-7-3-1-4-8-20/h1-18,26-27H/b16-13+/t26-,27+/m1/s1. The molecule has 0 bridgehead atoms. The lowest BCUT2D eigenvalue weighted by Crippen LogP contribution is -2.45. The molecule has 4 rings (SSSR count). The van der Waals surface area contributed by atoms with Crippen molar-refractivity contribution in [2.24, 2.45) is 0 Å². The van der Waals surface area contributed by atoms with E-state index >= 15 is 0 Å². The average Bonchev–Trinajstić information content (AvgIpc) is 2.89. The number of ether oxygens (including phenoxy) is 1. The molecule has 1 aliphatic rings. The number of nitriles is 1. The Morgan fingerprint density at radius 2 is 1.56 bits per heavy atom. The zero-order valence-electron chi connectivity index (χ0n) is 18.1. The van der Waals surface area contributed by atoms with Crippen LogP contribution in [-0.2, 0) is 14.3 Å². The van der Waals surface area contributed by atoms with Crippen molar-refractivity contribution in [2.75, 3.05) is 0 Å². The van der Waals surface area contributed by atoms with Gasteiger partial charge in [-0.15, -0.1) is 0 Å². The minimum Gasteiger partial charge on any atom is -0.448 e. The molecular formula is C28H20N2O4. The Bertz CT molecular complexity index is 1290. The van der Waals surface area contributed by atoms with Gasteiger partial charge in [-0.25, -0.2) is 4.79 Å². The zero-order valence-corrected chi connectivity index (χ0v) is 18.1. The van der Waals surface area contributed by atoms with E-state index in [2.05, 4.69) is 0 Å². The summed E-state index contributed by atoms with van der Waals surface area (Å²) in [4.78, 5) is 40.2. The maximum Gasteiger partial charge on any atom is 0.338 e. The molecule has 6 heteroatoms. The molecule has 0 radical (unpaired) electrons.